The third-order valence-electron chi connectivity index (χ3n) is 2.96. The van der Waals surface area contributed by atoms with Crippen molar-refractivity contribution in [1.29, 1.82) is 0 Å². The van der Waals surface area contributed by atoms with Gasteiger partial charge in [0.25, 0.3) is 10.0 Å². The zero-order chi connectivity index (χ0) is 17.0. The number of hydrogen-bond donors (Lipinski definition) is 1. The quantitative estimate of drug-likeness (QED) is 0.594. The Morgan fingerprint density at radius 1 is 1.22 bits per heavy atom. The van der Waals surface area contributed by atoms with E-state index in [-0.39, 0.29) is 10.5 Å². The summed E-state index contributed by atoms with van der Waals surface area (Å²) >= 11 is 4.72. The lowest BCUT2D eigenvalue weighted by molar-refractivity contribution is 0.0596. The van der Waals surface area contributed by atoms with Crippen LogP contribution in [0.5, 0.6) is 0 Å². The minimum absolute atomic E-state index is 0.0320. The van der Waals surface area contributed by atoms with E-state index < -0.39 is 16.0 Å². The van der Waals surface area contributed by atoms with Crippen LogP contribution in [0.1, 0.15) is 10.4 Å². The summed E-state index contributed by atoms with van der Waals surface area (Å²) in [6, 6.07) is 11.3. The zero-order valence-electron chi connectivity index (χ0n) is 12.4. The van der Waals surface area contributed by atoms with E-state index in [2.05, 4.69) is 25.4 Å². The van der Waals surface area contributed by atoms with E-state index in [1.165, 1.54) is 31.0 Å². The van der Waals surface area contributed by atoms with Gasteiger partial charge in [-0.25, -0.2) is 13.2 Å². The standard InChI is InChI=1S/C15H14BrNO4S2/c1-21-15(18)13-8-10(16)6-7-14(13)23(19,20)17-11-4-3-5-12(9-11)22-2/h3-9,17H,1-2H3. The molecule has 0 unspecified atom stereocenters. The molecule has 0 aliphatic carbocycles. The van der Waals surface area contributed by atoms with Crippen molar-refractivity contribution in [3.8, 4) is 0 Å². The Morgan fingerprint density at radius 3 is 2.61 bits per heavy atom. The number of nitrogens with one attached hydrogen (secondary N) is 1. The van der Waals surface area contributed by atoms with Crippen LogP contribution in [0.3, 0.4) is 0 Å². The number of rotatable bonds is 5. The molecule has 0 saturated heterocycles. The maximum atomic E-state index is 12.6. The van der Waals surface area contributed by atoms with Crippen molar-refractivity contribution in [3.05, 3.63) is 52.5 Å². The van der Waals surface area contributed by atoms with Gasteiger partial charge in [0, 0.05) is 15.1 Å². The van der Waals surface area contributed by atoms with Gasteiger partial charge in [0.1, 0.15) is 4.90 Å². The number of ether oxygens (including phenoxy) is 1. The topological polar surface area (TPSA) is 72.5 Å². The summed E-state index contributed by atoms with van der Waals surface area (Å²) in [5.41, 5.74) is 0.394. The van der Waals surface area contributed by atoms with Crippen molar-refractivity contribution in [2.45, 2.75) is 9.79 Å². The molecular weight excluding hydrogens is 402 g/mol. The highest BCUT2D eigenvalue weighted by Gasteiger charge is 2.23. The van der Waals surface area contributed by atoms with Crippen LogP contribution in [-0.2, 0) is 14.8 Å². The van der Waals surface area contributed by atoms with Gasteiger partial charge in [-0.15, -0.1) is 11.8 Å². The Kier molecular flexibility index (Phi) is 5.72. The first kappa shape index (κ1) is 17.8. The lowest BCUT2D eigenvalue weighted by atomic mass is 10.2. The molecule has 5 nitrogen and oxygen atoms in total. The van der Waals surface area contributed by atoms with Crippen LogP contribution in [0.2, 0.25) is 0 Å². The molecule has 2 rings (SSSR count). The van der Waals surface area contributed by atoms with E-state index in [9.17, 15) is 13.2 Å². The summed E-state index contributed by atoms with van der Waals surface area (Å²) in [4.78, 5) is 12.6. The van der Waals surface area contributed by atoms with Crippen LogP contribution in [-0.4, -0.2) is 27.8 Å². The predicted molar refractivity (Wildman–Crippen MR) is 94.5 cm³/mol. The van der Waals surface area contributed by atoms with Crippen LogP contribution in [0.25, 0.3) is 0 Å². The lowest BCUT2D eigenvalue weighted by Crippen LogP contribution is -2.17. The molecule has 2 aromatic rings. The number of sulfonamides is 1. The molecule has 0 heterocycles. The van der Waals surface area contributed by atoms with Crippen molar-refractivity contribution >= 4 is 49.4 Å². The zero-order valence-corrected chi connectivity index (χ0v) is 15.6. The molecule has 8 heteroatoms. The number of anilines is 1. The van der Waals surface area contributed by atoms with Crippen molar-refractivity contribution in [1.82, 2.24) is 0 Å². The predicted octanol–water partition coefficient (Wildman–Crippen LogP) is 3.76. The second kappa shape index (κ2) is 7.37. The van der Waals surface area contributed by atoms with Gasteiger partial charge in [0.2, 0.25) is 0 Å². The van der Waals surface area contributed by atoms with Crippen LogP contribution >= 0.6 is 27.7 Å². The number of esters is 1. The van der Waals surface area contributed by atoms with E-state index in [1.54, 1.807) is 24.3 Å². The maximum absolute atomic E-state index is 12.6. The average molecular weight is 416 g/mol. The molecule has 0 fully saturated rings. The number of carbonyl (C=O) groups is 1. The number of methoxy groups -OCH3 is 1. The van der Waals surface area contributed by atoms with Crippen LogP contribution in [0.4, 0.5) is 5.69 Å². The molecule has 0 aromatic heterocycles. The number of hydrogen-bond acceptors (Lipinski definition) is 5. The molecule has 0 amide bonds. The van der Waals surface area contributed by atoms with Crippen molar-refractivity contribution in [3.63, 3.8) is 0 Å². The first-order chi connectivity index (χ1) is 10.9. The molecule has 2 aromatic carbocycles. The van der Waals surface area contributed by atoms with Crippen molar-refractivity contribution in [2.75, 3.05) is 18.1 Å². The summed E-state index contributed by atoms with van der Waals surface area (Å²) < 4.78 is 33.0. The van der Waals surface area contributed by atoms with E-state index in [0.717, 1.165) is 4.90 Å². The number of carbonyl (C=O) groups excluding carboxylic acids is 1. The van der Waals surface area contributed by atoms with Gasteiger partial charge < -0.3 is 4.74 Å². The fourth-order valence-corrected chi connectivity index (χ4v) is 3.95. The molecular formula is C15H14BrNO4S2. The van der Waals surface area contributed by atoms with Crippen LogP contribution in [0.15, 0.2) is 56.7 Å². The molecule has 0 atom stereocenters. The monoisotopic (exact) mass is 415 g/mol. The second-order valence-corrected chi connectivity index (χ2v) is 7.92. The second-order valence-electron chi connectivity index (χ2n) is 4.47. The third kappa shape index (κ3) is 4.27. The van der Waals surface area contributed by atoms with Gasteiger partial charge in [0.05, 0.1) is 12.7 Å². The van der Waals surface area contributed by atoms with Gasteiger partial charge in [-0.3, -0.25) is 4.72 Å². The normalized spacial score (nSPS) is 11.1. The first-order valence-corrected chi connectivity index (χ1v) is 9.92. The Bertz CT molecular complexity index is 837. The van der Waals surface area contributed by atoms with E-state index >= 15 is 0 Å². The summed E-state index contributed by atoms with van der Waals surface area (Å²) in [7, 11) is -2.72. The summed E-state index contributed by atoms with van der Waals surface area (Å²) in [5, 5.41) is 0. The number of benzene rings is 2. The fraction of sp³-hybridized carbons (Fsp3) is 0.133. The molecule has 0 radical (unpaired) electrons. The fourth-order valence-electron chi connectivity index (χ4n) is 1.90. The Morgan fingerprint density at radius 2 is 1.96 bits per heavy atom. The third-order valence-corrected chi connectivity index (χ3v) is 5.62. The molecule has 23 heavy (non-hydrogen) atoms. The number of halogens is 1. The lowest BCUT2D eigenvalue weighted by Gasteiger charge is -2.12. The summed E-state index contributed by atoms with van der Waals surface area (Å²) in [6.45, 7) is 0. The van der Waals surface area contributed by atoms with Gasteiger partial charge in [-0.1, -0.05) is 22.0 Å². The Balaban J connectivity index is 2.45. The highest BCUT2D eigenvalue weighted by atomic mass is 79.9. The molecule has 122 valence electrons. The molecule has 0 aliphatic heterocycles. The highest BCUT2D eigenvalue weighted by Crippen LogP contribution is 2.25. The van der Waals surface area contributed by atoms with Crippen LogP contribution < -0.4 is 4.72 Å². The summed E-state index contributed by atoms with van der Waals surface area (Å²) in [6.07, 6.45) is 1.90. The van der Waals surface area contributed by atoms with E-state index in [0.29, 0.717) is 10.2 Å². The molecule has 0 aliphatic rings. The molecule has 0 bridgehead atoms. The van der Waals surface area contributed by atoms with Crippen LogP contribution in [0, 0.1) is 0 Å². The average Bonchev–Trinajstić information content (AvgIpc) is 2.53. The van der Waals surface area contributed by atoms with E-state index in [4.69, 9.17) is 0 Å². The smallest absolute Gasteiger partial charge is 0.339 e. The van der Waals surface area contributed by atoms with Gasteiger partial charge in [-0.2, -0.15) is 0 Å². The first-order valence-electron chi connectivity index (χ1n) is 6.42. The minimum atomic E-state index is -3.92. The maximum Gasteiger partial charge on any atom is 0.339 e. The largest absolute Gasteiger partial charge is 0.465 e. The Labute approximate surface area is 147 Å². The number of thioether (sulfide) groups is 1. The molecule has 0 spiro atoms. The summed E-state index contributed by atoms with van der Waals surface area (Å²) in [5.74, 6) is -0.718. The molecule has 0 saturated carbocycles. The highest BCUT2D eigenvalue weighted by molar-refractivity contribution is 9.10. The van der Waals surface area contributed by atoms with Gasteiger partial charge in [0.15, 0.2) is 0 Å². The Hall–Kier alpha value is -1.51. The van der Waals surface area contributed by atoms with Crippen molar-refractivity contribution < 1.29 is 17.9 Å². The SMILES string of the molecule is COC(=O)c1cc(Br)ccc1S(=O)(=O)Nc1cccc(SC)c1. The van der Waals surface area contributed by atoms with Gasteiger partial charge in [-0.05, 0) is 42.7 Å². The minimum Gasteiger partial charge on any atom is -0.465 e. The van der Waals surface area contributed by atoms with Crippen molar-refractivity contribution in [2.24, 2.45) is 0 Å². The van der Waals surface area contributed by atoms with E-state index in [1.807, 2.05) is 12.3 Å². The van der Waals surface area contributed by atoms with Gasteiger partial charge >= 0.3 is 5.97 Å². The molecule has 1 N–H and O–H groups in total.